The Bertz CT molecular complexity index is 746. The van der Waals surface area contributed by atoms with Crippen LogP contribution in [-0.4, -0.2) is 12.5 Å². The van der Waals surface area contributed by atoms with Crippen LogP contribution in [0.25, 0.3) is 0 Å². The number of amides is 1. The molecule has 0 bridgehead atoms. The van der Waals surface area contributed by atoms with Gasteiger partial charge in [-0.3, -0.25) is 4.79 Å². The van der Waals surface area contributed by atoms with Crippen LogP contribution in [0.4, 0.5) is 0 Å². The van der Waals surface area contributed by atoms with E-state index in [0.717, 1.165) is 55.4 Å². The van der Waals surface area contributed by atoms with Crippen molar-refractivity contribution in [3.63, 3.8) is 0 Å². The van der Waals surface area contributed by atoms with Gasteiger partial charge < -0.3 is 5.32 Å². The lowest BCUT2D eigenvalue weighted by Gasteiger charge is -2.08. The Kier molecular flexibility index (Phi) is 11.3. The Hall–Kier alpha value is -2.60. The van der Waals surface area contributed by atoms with Gasteiger partial charge in [0, 0.05) is 13.0 Å². The summed E-state index contributed by atoms with van der Waals surface area (Å²) >= 11 is 0. The third kappa shape index (κ3) is 9.37. The summed E-state index contributed by atoms with van der Waals surface area (Å²) in [5, 5.41) is 12.4. The molecule has 0 aromatic heterocycles. The van der Waals surface area contributed by atoms with Crippen molar-refractivity contribution in [1.82, 2.24) is 5.32 Å². The number of hydrogen-bond donors (Lipinski definition) is 1. The molecule has 0 heterocycles. The maximum atomic E-state index is 11.9. The summed E-state index contributed by atoms with van der Waals surface area (Å²) in [6.45, 7) is 8.78. The zero-order valence-electron chi connectivity index (χ0n) is 17.8. The molecule has 1 aromatic carbocycles. The molecule has 1 N–H and O–H groups in total. The fourth-order valence-corrected chi connectivity index (χ4v) is 2.99. The molecule has 0 aliphatic carbocycles. The average molecular weight is 379 g/mol. The molecule has 0 spiro atoms. The first kappa shape index (κ1) is 23.4. The molecule has 1 amide bonds. The number of nitrogens with zero attached hydrogens (tertiary/aromatic N) is 1. The highest BCUT2D eigenvalue weighted by Crippen LogP contribution is 2.19. The summed E-state index contributed by atoms with van der Waals surface area (Å²) < 4.78 is 0. The van der Waals surface area contributed by atoms with E-state index < -0.39 is 0 Å². The number of carbonyl (C=O) groups excluding carboxylic acids is 1. The first-order valence-corrected chi connectivity index (χ1v) is 10.2. The number of hydrogen-bond acceptors (Lipinski definition) is 2. The normalized spacial score (nSPS) is 12.6. The van der Waals surface area contributed by atoms with Crippen LogP contribution in [-0.2, 0) is 11.2 Å². The SMILES string of the molecule is C\C=C/C=C(C)\C(C#N)=C(/C)CCCCCNC(=O)CCc1ccc(C)cc1. The van der Waals surface area contributed by atoms with Crippen LogP contribution < -0.4 is 5.32 Å². The Morgan fingerprint density at radius 3 is 2.46 bits per heavy atom. The summed E-state index contributed by atoms with van der Waals surface area (Å²) in [7, 11) is 0. The molecule has 1 rings (SSSR count). The van der Waals surface area contributed by atoms with Gasteiger partial charge in [-0.25, -0.2) is 0 Å². The van der Waals surface area contributed by atoms with Crippen molar-refractivity contribution in [1.29, 1.82) is 5.26 Å². The summed E-state index contributed by atoms with van der Waals surface area (Å²) in [4.78, 5) is 11.9. The molecule has 0 saturated heterocycles. The molecule has 0 saturated carbocycles. The minimum Gasteiger partial charge on any atom is -0.356 e. The van der Waals surface area contributed by atoms with Crippen molar-refractivity contribution in [2.45, 2.75) is 66.2 Å². The van der Waals surface area contributed by atoms with Crippen molar-refractivity contribution >= 4 is 5.91 Å². The largest absolute Gasteiger partial charge is 0.356 e. The van der Waals surface area contributed by atoms with E-state index in [1.54, 1.807) is 0 Å². The number of carbonyl (C=O) groups is 1. The second-order valence-corrected chi connectivity index (χ2v) is 7.29. The number of aryl methyl sites for hydroxylation is 2. The minimum absolute atomic E-state index is 0.119. The van der Waals surface area contributed by atoms with Crippen LogP contribution in [0.1, 0.15) is 64.0 Å². The summed E-state index contributed by atoms with van der Waals surface area (Å²) in [6, 6.07) is 10.7. The van der Waals surface area contributed by atoms with E-state index in [-0.39, 0.29) is 5.91 Å². The van der Waals surface area contributed by atoms with E-state index in [2.05, 4.69) is 42.6 Å². The average Bonchev–Trinajstić information content (AvgIpc) is 2.69. The molecule has 0 aliphatic heterocycles. The maximum Gasteiger partial charge on any atom is 0.220 e. The van der Waals surface area contributed by atoms with Crippen LogP contribution in [0.3, 0.4) is 0 Å². The highest BCUT2D eigenvalue weighted by Gasteiger charge is 2.05. The molecule has 28 heavy (non-hydrogen) atoms. The van der Waals surface area contributed by atoms with Crippen LogP contribution in [0.5, 0.6) is 0 Å². The van der Waals surface area contributed by atoms with Gasteiger partial charge in [0.15, 0.2) is 0 Å². The Morgan fingerprint density at radius 1 is 1.11 bits per heavy atom. The number of allylic oxidation sites excluding steroid dienone is 6. The van der Waals surface area contributed by atoms with Gasteiger partial charge in [0.25, 0.3) is 0 Å². The first-order chi connectivity index (χ1) is 13.5. The number of rotatable bonds is 11. The summed E-state index contributed by atoms with van der Waals surface area (Å²) in [5.74, 6) is 0.119. The second-order valence-electron chi connectivity index (χ2n) is 7.29. The predicted molar refractivity (Wildman–Crippen MR) is 118 cm³/mol. The standard InChI is InChI=1S/C25H34N2O/c1-5-6-10-21(3)24(19-26)22(4)11-8-7-9-18-27-25(28)17-16-23-14-12-20(2)13-15-23/h5-6,10,12-15H,7-9,11,16-18H2,1-4H3,(H,27,28)/b6-5-,21-10-,24-22+. The number of unbranched alkanes of at least 4 members (excludes halogenated alkanes) is 2. The minimum atomic E-state index is 0.119. The third-order valence-electron chi connectivity index (χ3n) is 4.78. The van der Waals surface area contributed by atoms with Gasteiger partial charge in [-0.15, -0.1) is 0 Å². The van der Waals surface area contributed by atoms with Crippen molar-refractivity contribution < 1.29 is 4.79 Å². The topological polar surface area (TPSA) is 52.9 Å². The van der Waals surface area contributed by atoms with Crippen molar-refractivity contribution in [2.24, 2.45) is 0 Å². The predicted octanol–water partition coefficient (Wildman–Crippen LogP) is 5.97. The Morgan fingerprint density at radius 2 is 1.82 bits per heavy atom. The quantitative estimate of drug-likeness (QED) is 0.293. The lowest BCUT2D eigenvalue weighted by Crippen LogP contribution is -2.24. The van der Waals surface area contributed by atoms with Gasteiger partial charge in [-0.05, 0) is 64.5 Å². The van der Waals surface area contributed by atoms with Gasteiger partial charge >= 0.3 is 0 Å². The van der Waals surface area contributed by atoms with Crippen LogP contribution in [0.15, 0.2) is 59.2 Å². The lowest BCUT2D eigenvalue weighted by molar-refractivity contribution is -0.121. The lowest BCUT2D eigenvalue weighted by atomic mass is 9.98. The Labute approximate surface area is 170 Å². The highest BCUT2D eigenvalue weighted by molar-refractivity contribution is 5.76. The fraction of sp³-hybridized carbons (Fsp3) is 0.440. The van der Waals surface area contributed by atoms with Crippen LogP contribution >= 0.6 is 0 Å². The molecule has 0 atom stereocenters. The number of nitrogens with one attached hydrogen (secondary N) is 1. The molecule has 150 valence electrons. The van der Waals surface area contributed by atoms with E-state index in [4.69, 9.17) is 0 Å². The van der Waals surface area contributed by atoms with E-state index in [1.807, 2.05) is 39.0 Å². The Balaban J connectivity index is 2.24. The summed E-state index contributed by atoms with van der Waals surface area (Å²) in [6.07, 6.45) is 11.2. The zero-order valence-corrected chi connectivity index (χ0v) is 17.8. The maximum absolute atomic E-state index is 11.9. The van der Waals surface area contributed by atoms with Crippen molar-refractivity contribution in [2.75, 3.05) is 6.54 Å². The molecular formula is C25H34N2O. The monoisotopic (exact) mass is 378 g/mol. The molecule has 3 heteroatoms. The molecular weight excluding hydrogens is 344 g/mol. The van der Waals surface area contributed by atoms with Gasteiger partial charge in [-0.2, -0.15) is 5.26 Å². The smallest absolute Gasteiger partial charge is 0.220 e. The van der Waals surface area contributed by atoms with E-state index in [0.29, 0.717) is 6.42 Å². The van der Waals surface area contributed by atoms with E-state index in [1.165, 1.54) is 11.1 Å². The third-order valence-corrected chi connectivity index (χ3v) is 4.78. The van der Waals surface area contributed by atoms with Gasteiger partial charge in [0.1, 0.15) is 0 Å². The molecule has 0 fully saturated rings. The summed E-state index contributed by atoms with van der Waals surface area (Å²) in [5.41, 5.74) is 5.39. The van der Waals surface area contributed by atoms with Gasteiger partial charge in [-0.1, -0.05) is 60.1 Å². The molecule has 0 radical (unpaired) electrons. The fourth-order valence-electron chi connectivity index (χ4n) is 2.99. The van der Waals surface area contributed by atoms with E-state index >= 15 is 0 Å². The number of benzene rings is 1. The zero-order chi connectivity index (χ0) is 20.8. The van der Waals surface area contributed by atoms with Crippen LogP contribution in [0, 0.1) is 18.3 Å². The van der Waals surface area contributed by atoms with Crippen LogP contribution in [0.2, 0.25) is 0 Å². The van der Waals surface area contributed by atoms with E-state index in [9.17, 15) is 10.1 Å². The van der Waals surface area contributed by atoms with Gasteiger partial charge in [0.05, 0.1) is 11.6 Å². The number of nitriles is 1. The van der Waals surface area contributed by atoms with Crippen molar-refractivity contribution in [3.8, 4) is 6.07 Å². The first-order valence-electron chi connectivity index (χ1n) is 10.2. The van der Waals surface area contributed by atoms with Gasteiger partial charge in [0.2, 0.25) is 5.91 Å². The molecule has 0 unspecified atom stereocenters. The highest BCUT2D eigenvalue weighted by atomic mass is 16.1. The molecule has 0 aliphatic rings. The second kappa shape index (κ2) is 13.6. The molecule has 1 aromatic rings. The van der Waals surface area contributed by atoms with Crippen molar-refractivity contribution in [3.05, 3.63) is 70.3 Å². The molecule has 3 nitrogen and oxygen atoms in total.